The summed E-state index contributed by atoms with van der Waals surface area (Å²) >= 11 is 0. The quantitative estimate of drug-likeness (QED) is 0.695. The first kappa shape index (κ1) is 17.5. The third-order valence-corrected chi connectivity index (χ3v) is 3.33. The van der Waals surface area contributed by atoms with Crippen molar-refractivity contribution in [2.75, 3.05) is 19.7 Å². The highest BCUT2D eigenvalue weighted by atomic mass is 16.5. The van der Waals surface area contributed by atoms with Gasteiger partial charge >= 0.3 is 0 Å². The molecule has 0 unspecified atom stereocenters. The summed E-state index contributed by atoms with van der Waals surface area (Å²) in [5.41, 5.74) is 0.613. The summed E-state index contributed by atoms with van der Waals surface area (Å²) in [7, 11) is 0. The van der Waals surface area contributed by atoms with Crippen molar-refractivity contribution in [3.05, 3.63) is 66.2 Å². The predicted octanol–water partition coefficient (Wildman–Crippen LogP) is 2.39. The maximum Gasteiger partial charge on any atom is 0.251 e. The van der Waals surface area contributed by atoms with Crippen LogP contribution in [0.2, 0.25) is 0 Å². The van der Waals surface area contributed by atoms with Gasteiger partial charge in [0.2, 0.25) is 5.91 Å². The lowest BCUT2D eigenvalue weighted by Crippen LogP contribution is -2.34. The minimum Gasteiger partial charge on any atom is -0.494 e. The third-order valence-electron chi connectivity index (χ3n) is 3.33. The monoisotopic (exact) mass is 326 g/mol. The van der Waals surface area contributed by atoms with Gasteiger partial charge in [-0.3, -0.25) is 9.59 Å². The number of benzene rings is 2. The molecule has 0 aliphatic carbocycles. The van der Waals surface area contributed by atoms with Crippen LogP contribution in [0.15, 0.2) is 60.7 Å². The molecule has 0 fully saturated rings. The molecule has 0 bridgehead atoms. The average molecular weight is 326 g/mol. The Labute approximate surface area is 142 Å². The van der Waals surface area contributed by atoms with Gasteiger partial charge in [-0.25, -0.2) is 0 Å². The highest BCUT2D eigenvalue weighted by molar-refractivity contribution is 5.94. The van der Waals surface area contributed by atoms with Gasteiger partial charge in [-0.15, -0.1) is 0 Å². The predicted molar refractivity (Wildman–Crippen MR) is 93.0 cm³/mol. The minimum atomic E-state index is -0.138. The van der Waals surface area contributed by atoms with E-state index < -0.39 is 0 Å². The molecule has 2 rings (SSSR count). The van der Waals surface area contributed by atoms with E-state index in [4.69, 9.17) is 4.74 Å². The van der Waals surface area contributed by atoms with Crippen LogP contribution in [-0.4, -0.2) is 31.5 Å². The van der Waals surface area contributed by atoms with Crippen LogP contribution in [0.25, 0.3) is 0 Å². The Morgan fingerprint density at radius 1 is 0.833 bits per heavy atom. The van der Waals surface area contributed by atoms with Crippen molar-refractivity contribution < 1.29 is 14.3 Å². The van der Waals surface area contributed by atoms with E-state index in [9.17, 15) is 9.59 Å². The fourth-order valence-electron chi connectivity index (χ4n) is 2.10. The smallest absolute Gasteiger partial charge is 0.251 e. The van der Waals surface area contributed by atoms with Crippen LogP contribution >= 0.6 is 0 Å². The van der Waals surface area contributed by atoms with Crippen LogP contribution < -0.4 is 15.4 Å². The molecule has 24 heavy (non-hydrogen) atoms. The van der Waals surface area contributed by atoms with Crippen molar-refractivity contribution in [3.8, 4) is 5.75 Å². The topological polar surface area (TPSA) is 67.4 Å². The van der Waals surface area contributed by atoms with E-state index in [1.807, 2.05) is 48.5 Å². The first-order chi connectivity index (χ1) is 11.8. The Morgan fingerprint density at radius 3 is 2.17 bits per heavy atom. The maximum absolute atomic E-state index is 11.8. The first-order valence-corrected chi connectivity index (χ1v) is 8.03. The highest BCUT2D eigenvalue weighted by Crippen LogP contribution is 2.08. The SMILES string of the molecule is O=C(CCCOc1ccccc1)NCCNC(=O)c1ccccc1. The van der Waals surface area contributed by atoms with Gasteiger partial charge in [0.25, 0.3) is 5.91 Å². The fourth-order valence-corrected chi connectivity index (χ4v) is 2.10. The van der Waals surface area contributed by atoms with E-state index in [2.05, 4.69) is 10.6 Å². The molecule has 0 saturated carbocycles. The van der Waals surface area contributed by atoms with Gasteiger partial charge in [-0.1, -0.05) is 36.4 Å². The Kier molecular flexibility index (Phi) is 7.34. The molecule has 2 amide bonds. The summed E-state index contributed by atoms with van der Waals surface area (Å²) in [5.74, 6) is 0.628. The second-order valence-electron chi connectivity index (χ2n) is 5.24. The van der Waals surface area contributed by atoms with Crippen molar-refractivity contribution in [1.82, 2.24) is 10.6 Å². The molecule has 5 nitrogen and oxygen atoms in total. The number of hydrogen-bond donors (Lipinski definition) is 2. The fraction of sp³-hybridized carbons (Fsp3) is 0.263. The van der Waals surface area contributed by atoms with Gasteiger partial charge in [0.1, 0.15) is 5.75 Å². The van der Waals surface area contributed by atoms with Crippen LogP contribution in [0.1, 0.15) is 23.2 Å². The summed E-state index contributed by atoms with van der Waals surface area (Å²) in [6.07, 6.45) is 1.05. The summed E-state index contributed by atoms with van der Waals surface area (Å²) in [4.78, 5) is 23.5. The number of hydrogen-bond acceptors (Lipinski definition) is 3. The van der Waals surface area contributed by atoms with Gasteiger partial charge in [-0.2, -0.15) is 0 Å². The standard InChI is InChI=1S/C19H22N2O3/c22-18(12-7-15-24-17-10-5-2-6-11-17)20-13-14-21-19(23)16-8-3-1-4-9-16/h1-6,8-11H,7,12-15H2,(H,20,22)(H,21,23). The number of ether oxygens (including phenoxy) is 1. The lowest BCUT2D eigenvalue weighted by Gasteiger charge is -2.08. The Bertz CT molecular complexity index is 630. The van der Waals surface area contributed by atoms with E-state index in [0.717, 1.165) is 5.75 Å². The zero-order valence-corrected chi connectivity index (χ0v) is 13.5. The van der Waals surface area contributed by atoms with Crippen molar-refractivity contribution in [2.45, 2.75) is 12.8 Å². The van der Waals surface area contributed by atoms with Gasteiger partial charge in [0.15, 0.2) is 0 Å². The maximum atomic E-state index is 11.8. The highest BCUT2D eigenvalue weighted by Gasteiger charge is 2.04. The summed E-state index contributed by atoms with van der Waals surface area (Å²) in [6.45, 7) is 1.32. The van der Waals surface area contributed by atoms with Crippen molar-refractivity contribution in [2.24, 2.45) is 0 Å². The Balaban J connectivity index is 1.51. The average Bonchev–Trinajstić information content (AvgIpc) is 2.64. The van der Waals surface area contributed by atoms with Gasteiger partial charge in [0, 0.05) is 25.1 Å². The molecule has 2 aromatic carbocycles. The van der Waals surface area contributed by atoms with Crippen LogP contribution in [-0.2, 0) is 4.79 Å². The van der Waals surface area contributed by atoms with E-state index in [-0.39, 0.29) is 11.8 Å². The van der Waals surface area contributed by atoms with E-state index in [1.54, 1.807) is 12.1 Å². The zero-order chi connectivity index (χ0) is 17.0. The van der Waals surface area contributed by atoms with Crippen molar-refractivity contribution >= 4 is 11.8 Å². The lowest BCUT2D eigenvalue weighted by molar-refractivity contribution is -0.121. The number of carbonyl (C=O) groups excluding carboxylic acids is 2. The molecule has 2 N–H and O–H groups in total. The van der Waals surface area contributed by atoms with E-state index >= 15 is 0 Å². The van der Waals surface area contributed by atoms with Crippen LogP contribution in [0.3, 0.4) is 0 Å². The van der Waals surface area contributed by atoms with Gasteiger partial charge in [0.05, 0.1) is 6.61 Å². The molecule has 0 aliphatic heterocycles. The molecule has 0 aromatic heterocycles. The molecule has 0 spiro atoms. The number of para-hydroxylation sites is 1. The zero-order valence-electron chi connectivity index (χ0n) is 13.5. The summed E-state index contributed by atoms with van der Waals surface area (Å²) < 4.78 is 5.53. The molecular weight excluding hydrogens is 304 g/mol. The van der Waals surface area contributed by atoms with Crippen molar-refractivity contribution in [1.29, 1.82) is 0 Å². The van der Waals surface area contributed by atoms with E-state index in [1.165, 1.54) is 0 Å². The lowest BCUT2D eigenvalue weighted by atomic mass is 10.2. The Morgan fingerprint density at radius 2 is 1.46 bits per heavy atom. The number of nitrogens with one attached hydrogen (secondary N) is 2. The number of rotatable bonds is 9. The van der Waals surface area contributed by atoms with Crippen LogP contribution in [0.4, 0.5) is 0 Å². The van der Waals surface area contributed by atoms with E-state index in [0.29, 0.717) is 38.1 Å². The minimum absolute atomic E-state index is 0.0411. The molecular formula is C19H22N2O3. The molecule has 0 aliphatic rings. The molecule has 2 aromatic rings. The Hall–Kier alpha value is -2.82. The van der Waals surface area contributed by atoms with Crippen LogP contribution in [0, 0.1) is 0 Å². The molecule has 0 radical (unpaired) electrons. The first-order valence-electron chi connectivity index (χ1n) is 8.03. The summed E-state index contributed by atoms with van der Waals surface area (Å²) in [5, 5.41) is 5.54. The van der Waals surface area contributed by atoms with Crippen molar-refractivity contribution in [3.63, 3.8) is 0 Å². The second kappa shape index (κ2) is 10.0. The largest absolute Gasteiger partial charge is 0.494 e. The molecule has 0 saturated heterocycles. The number of amides is 2. The molecule has 5 heteroatoms. The number of carbonyl (C=O) groups is 2. The van der Waals surface area contributed by atoms with Crippen LogP contribution in [0.5, 0.6) is 5.75 Å². The molecule has 0 heterocycles. The van der Waals surface area contributed by atoms with Gasteiger partial charge in [-0.05, 0) is 30.7 Å². The molecule has 0 atom stereocenters. The third kappa shape index (κ3) is 6.52. The second-order valence-corrected chi connectivity index (χ2v) is 5.24. The van der Waals surface area contributed by atoms with Gasteiger partial charge < -0.3 is 15.4 Å². The molecule has 126 valence electrons. The normalized spacial score (nSPS) is 10.0. The summed E-state index contributed by atoms with van der Waals surface area (Å²) in [6, 6.07) is 18.5.